The van der Waals surface area contributed by atoms with Crippen LogP contribution < -0.4 is 5.32 Å². The molecule has 0 bridgehead atoms. The van der Waals surface area contributed by atoms with Gasteiger partial charge >= 0.3 is 0 Å². The summed E-state index contributed by atoms with van der Waals surface area (Å²) in [5.41, 5.74) is 0.542. The van der Waals surface area contributed by atoms with Crippen LogP contribution in [-0.2, 0) is 0 Å². The van der Waals surface area contributed by atoms with Crippen molar-refractivity contribution in [1.29, 1.82) is 0 Å². The summed E-state index contributed by atoms with van der Waals surface area (Å²) in [6.07, 6.45) is 8.68. The molecule has 86 valence electrons. The van der Waals surface area contributed by atoms with E-state index in [0.717, 1.165) is 5.92 Å². The van der Waals surface area contributed by atoms with Crippen LogP contribution in [0, 0.1) is 5.92 Å². The average molecular weight is 208 g/mol. The van der Waals surface area contributed by atoms with Crippen LogP contribution in [0.15, 0.2) is 0 Å². The number of piperidine rings is 1. The summed E-state index contributed by atoms with van der Waals surface area (Å²) in [5, 5.41) is 3.70. The number of likely N-dealkylation sites (tertiary alicyclic amines) is 1. The number of hydrogen-bond acceptors (Lipinski definition) is 2. The molecular weight excluding hydrogens is 184 g/mol. The highest BCUT2D eigenvalue weighted by Gasteiger charge is 2.47. The van der Waals surface area contributed by atoms with Gasteiger partial charge in [0.1, 0.15) is 0 Å². The van der Waals surface area contributed by atoms with Crippen molar-refractivity contribution in [1.82, 2.24) is 10.2 Å². The minimum atomic E-state index is 0.542. The zero-order chi connectivity index (χ0) is 10.3. The van der Waals surface area contributed by atoms with Crippen molar-refractivity contribution in [2.75, 3.05) is 19.6 Å². The summed E-state index contributed by atoms with van der Waals surface area (Å²) < 4.78 is 0. The van der Waals surface area contributed by atoms with Crippen molar-refractivity contribution in [3.63, 3.8) is 0 Å². The predicted molar refractivity (Wildman–Crippen MR) is 63.0 cm³/mol. The molecule has 1 aliphatic carbocycles. The second-order valence-corrected chi connectivity index (χ2v) is 5.88. The Hall–Kier alpha value is -0.0800. The third-order valence-electron chi connectivity index (χ3n) is 4.89. The highest BCUT2D eigenvalue weighted by molar-refractivity contribution is 5.05. The second-order valence-electron chi connectivity index (χ2n) is 5.88. The summed E-state index contributed by atoms with van der Waals surface area (Å²) in [4.78, 5) is 2.83. The third kappa shape index (κ3) is 1.72. The molecule has 2 aliphatic heterocycles. The van der Waals surface area contributed by atoms with Gasteiger partial charge in [0.15, 0.2) is 0 Å². The van der Waals surface area contributed by atoms with Crippen molar-refractivity contribution >= 4 is 0 Å². The first-order valence-corrected chi connectivity index (χ1v) is 6.80. The van der Waals surface area contributed by atoms with E-state index in [-0.39, 0.29) is 0 Å². The molecule has 3 fully saturated rings. The van der Waals surface area contributed by atoms with E-state index in [1.807, 2.05) is 0 Å². The van der Waals surface area contributed by atoms with E-state index in [1.165, 1.54) is 58.2 Å². The summed E-state index contributed by atoms with van der Waals surface area (Å²) in [6.45, 7) is 6.40. The number of rotatable bonds is 2. The van der Waals surface area contributed by atoms with E-state index in [0.29, 0.717) is 11.6 Å². The molecule has 2 atom stereocenters. The quantitative estimate of drug-likeness (QED) is 0.747. The fraction of sp³-hybridized carbons (Fsp3) is 1.00. The third-order valence-corrected chi connectivity index (χ3v) is 4.89. The Labute approximate surface area is 93.4 Å². The number of nitrogens with one attached hydrogen (secondary N) is 1. The van der Waals surface area contributed by atoms with E-state index in [1.54, 1.807) is 0 Å². The zero-order valence-electron chi connectivity index (χ0n) is 9.97. The van der Waals surface area contributed by atoms with E-state index in [4.69, 9.17) is 0 Å². The molecule has 2 heterocycles. The lowest BCUT2D eigenvalue weighted by molar-refractivity contribution is 0.0640. The van der Waals surface area contributed by atoms with Gasteiger partial charge in [0.05, 0.1) is 0 Å². The lowest BCUT2D eigenvalue weighted by Gasteiger charge is -2.47. The van der Waals surface area contributed by atoms with Crippen LogP contribution >= 0.6 is 0 Å². The highest BCUT2D eigenvalue weighted by Crippen LogP contribution is 2.41. The zero-order valence-corrected chi connectivity index (χ0v) is 9.97. The van der Waals surface area contributed by atoms with Gasteiger partial charge in [0.25, 0.3) is 0 Å². The Morgan fingerprint density at radius 3 is 2.80 bits per heavy atom. The molecule has 1 spiro atoms. The molecule has 0 aromatic rings. The molecule has 0 aromatic heterocycles. The van der Waals surface area contributed by atoms with Crippen molar-refractivity contribution in [2.45, 2.75) is 57.0 Å². The van der Waals surface area contributed by atoms with E-state index in [9.17, 15) is 0 Å². The molecule has 15 heavy (non-hydrogen) atoms. The summed E-state index contributed by atoms with van der Waals surface area (Å²) in [5.74, 6) is 1.05. The van der Waals surface area contributed by atoms with Crippen LogP contribution in [0.5, 0.6) is 0 Å². The molecule has 1 N–H and O–H groups in total. The topological polar surface area (TPSA) is 15.3 Å². The maximum atomic E-state index is 3.70. The van der Waals surface area contributed by atoms with Crippen LogP contribution in [0.4, 0.5) is 0 Å². The first-order chi connectivity index (χ1) is 7.31. The summed E-state index contributed by atoms with van der Waals surface area (Å²) >= 11 is 0. The van der Waals surface area contributed by atoms with Crippen molar-refractivity contribution < 1.29 is 0 Å². The lowest BCUT2D eigenvalue weighted by Crippen LogP contribution is -2.60. The molecule has 1 saturated carbocycles. The monoisotopic (exact) mass is 208 g/mol. The molecule has 0 aromatic carbocycles. The van der Waals surface area contributed by atoms with Crippen LogP contribution in [0.2, 0.25) is 0 Å². The van der Waals surface area contributed by atoms with Crippen LogP contribution in [-0.4, -0.2) is 36.1 Å². The first-order valence-electron chi connectivity index (χ1n) is 6.80. The van der Waals surface area contributed by atoms with Crippen LogP contribution in [0.25, 0.3) is 0 Å². The van der Waals surface area contributed by atoms with Gasteiger partial charge in [-0.2, -0.15) is 0 Å². The van der Waals surface area contributed by atoms with Crippen molar-refractivity contribution in [2.24, 2.45) is 5.92 Å². The largest absolute Gasteiger partial charge is 0.312 e. The fourth-order valence-corrected chi connectivity index (χ4v) is 3.74. The van der Waals surface area contributed by atoms with Gasteiger partial charge in [-0.05, 0) is 64.5 Å². The maximum absolute atomic E-state index is 3.70. The normalized spacial score (nSPS) is 42.6. The van der Waals surface area contributed by atoms with Crippen molar-refractivity contribution in [3.8, 4) is 0 Å². The van der Waals surface area contributed by atoms with E-state index in [2.05, 4.69) is 17.1 Å². The molecule has 0 amide bonds. The Morgan fingerprint density at radius 1 is 1.27 bits per heavy atom. The molecule has 2 saturated heterocycles. The SMILES string of the molecule is CC1NCCCC12CCCN2CC1CC1. The van der Waals surface area contributed by atoms with Crippen LogP contribution in [0.3, 0.4) is 0 Å². The molecule has 2 unspecified atom stereocenters. The molecule has 3 rings (SSSR count). The van der Waals surface area contributed by atoms with E-state index >= 15 is 0 Å². The standard InChI is InChI=1S/C13H24N2/c1-11-13(6-2-8-14-11)7-3-9-15(13)10-12-4-5-12/h11-12,14H,2-10H2,1H3. The second kappa shape index (κ2) is 3.74. The van der Waals surface area contributed by atoms with Gasteiger partial charge in [-0.1, -0.05) is 0 Å². The predicted octanol–water partition coefficient (Wildman–Crippen LogP) is 2.00. The van der Waals surface area contributed by atoms with E-state index < -0.39 is 0 Å². The molecular formula is C13H24N2. The average Bonchev–Trinajstić information content (AvgIpc) is 2.95. The van der Waals surface area contributed by atoms with Crippen LogP contribution in [0.1, 0.15) is 45.4 Å². The molecule has 0 radical (unpaired) electrons. The molecule has 2 nitrogen and oxygen atoms in total. The number of hydrogen-bond donors (Lipinski definition) is 1. The van der Waals surface area contributed by atoms with Gasteiger partial charge in [-0.15, -0.1) is 0 Å². The fourth-order valence-electron chi connectivity index (χ4n) is 3.74. The first kappa shape index (κ1) is 10.1. The molecule has 3 aliphatic rings. The Bertz CT molecular complexity index is 237. The van der Waals surface area contributed by atoms with Gasteiger partial charge in [-0.25, -0.2) is 0 Å². The minimum absolute atomic E-state index is 0.542. The minimum Gasteiger partial charge on any atom is -0.312 e. The highest BCUT2D eigenvalue weighted by atomic mass is 15.3. The Morgan fingerprint density at radius 2 is 2.07 bits per heavy atom. The lowest BCUT2D eigenvalue weighted by atomic mass is 9.81. The summed E-state index contributed by atoms with van der Waals surface area (Å²) in [6, 6.07) is 0.715. The molecule has 2 heteroatoms. The maximum Gasteiger partial charge on any atom is 0.0360 e. The van der Waals surface area contributed by atoms with Gasteiger partial charge in [0, 0.05) is 18.1 Å². The number of nitrogens with zero attached hydrogens (tertiary/aromatic N) is 1. The Balaban J connectivity index is 1.74. The summed E-state index contributed by atoms with van der Waals surface area (Å²) in [7, 11) is 0. The Kier molecular flexibility index (Phi) is 2.52. The van der Waals surface area contributed by atoms with Gasteiger partial charge in [0.2, 0.25) is 0 Å². The smallest absolute Gasteiger partial charge is 0.0360 e. The van der Waals surface area contributed by atoms with Crippen molar-refractivity contribution in [3.05, 3.63) is 0 Å². The van der Waals surface area contributed by atoms with Gasteiger partial charge in [-0.3, -0.25) is 4.90 Å². The van der Waals surface area contributed by atoms with Gasteiger partial charge < -0.3 is 5.32 Å².